The zero-order valence-corrected chi connectivity index (χ0v) is 14.3. The maximum absolute atomic E-state index is 12.7. The van der Waals surface area contributed by atoms with Gasteiger partial charge in [-0.2, -0.15) is 0 Å². The van der Waals surface area contributed by atoms with Crippen LogP contribution in [0.2, 0.25) is 0 Å². The van der Waals surface area contributed by atoms with Crippen LogP contribution in [0.3, 0.4) is 0 Å². The van der Waals surface area contributed by atoms with Crippen molar-refractivity contribution in [2.45, 2.75) is 38.8 Å². The molecule has 2 heterocycles. The van der Waals surface area contributed by atoms with Crippen LogP contribution in [0.25, 0.3) is 11.2 Å². The quantitative estimate of drug-likeness (QED) is 0.553. The second-order valence-electron chi connectivity index (χ2n) is 6.09. The van der Waals surface area contributed by atoms with Crippen molar-refractivity contribution in [3.05, 3.63) is 27.2 Å². The Hall–Kier alpha value is -1.83. The SMILES string of the molecule is Cn1c(=O)n(CCCCO[P+](=O)O)c(=O)c2c1ncn2CC1CC1. The molecule has 1 N–H and O–H groups in total. The standard InChI is InChI=1S/C14H19N4O5P/c1-16-12-11(17(9-15-12)8-10-4-5-10)13(19)18(14(16)20)6-2-3-7-23-24(21)22/h9-10H,2-8H2,1H3/p+1. The molecule has 0 radical (unpaired) electrons. The minimum atomic E-state index is -2.61. The van der Waals surface area contributed by atoms with Crippen molar-refractivity contribution < 1.29 is 14.0 Å². The number of nitrogens with zero attached hydrogens (tertiary/aromatic N) is 4. The maximum atomic E-state index is 12.7. The molecule has 3 rings (SSSR count). The highest BCUT2D eigenvalue weighted by atomic mass is 31.1. The summed E-state index contributed by atoms with van der Waals surface area (Å²) >= 11 is 0. The number of unbranched alkanes of at least 4 members (excludes halogenated alkanes) is 1. The van der Waals surface area contributed by atoms with E-state index in [1.165, 1.54) is 9.13 Å². The van der Waals surface area contributed by atoms with E-state index in [0.717, 1.165) is 19.4 Å². The third-order valence-electron chi connectivity index (χ3n) is 4.23. The first-order valence-corrected chi connectivity index (χ1v) is 9.05. The molecule has 24 heavy (non-hydrogen) atoms. The van der Waals surface area contributed by atoms with E-state index < -0.39 is 13.9 Å². The van der Waals surface area contributed by atoms with Crippen molar-refractivity contribution in [1.82, 2.24) is 18.7 Å². The van der Waals surface area contributed by atoms with Crippen molar-refractivity contribution in [3.63, 3.8) is 0 Å². The molecular formula is C14H20N4O5P+. The summed E-state index contributed by atoms with van der Waals surface area (Å²) in [6.07, 6.45) is 4.93. The van der Waals surface area contributed by atoms with E-state index >= 15 is 0 Å². The number of imidazole rings is 1. The summed E-state index contributed by atoms with van der Waals surface area (Å²) in [5.41, 5.74) is 0.125. The largest absolute Gasteiger partial charge is 0.694 e. The predicted octanol–water partition coefficient (Wildman–Crippen LogP) is 0.753. The van der Waals surface area contributed by atoms with Crippen LogP contribution in [-0.2, 0) is 29.2 Å². The van der Waals surface area contributed by atoms with Gasteiger partial charge in [0.1, 0.15) is 6.61 Å². The summed E-state index contributed by atoms with van der Waals surface area (Å²) in [5, 5.41) is 0. The lowest BCUT2D eigenvalue weighted by Crippen LogP contribution is -2.39. The molecular weight excluding hydrogens is 335 g/mol. The highest BCUT2D eigenvalue weighted by Crippen LogP contribution is 2.31. The summed E-state index contributed by atoms with van der Waals surface area (Å²) in [4.78, 5) is 37.9. The molecule has 1 fully saturated rings. The van der Waals surface area contributed by atoms with E-state index in [1.807, 2.05) is 4.57 Å². The second kappa shape index (κ2) is 6.96. The van der Waals surface area contributed by atoms with Crippen LogP contribution in [0.4, 0.5) is 0 Å². The Balaban J connectivity index is 1.85. The lowest BCUT2D eigenvalue weighted by atomic mass is 10.3. The zero-order valence-electron chi connectivity index (χ0n) is 13.4. The van der Waals surface area contributed by atoms with Crippen molar-refractivity contribution >= 4 is 19.4 Å². The molecule has 0 amide bonds. The molecule has 0 aliphatic heterocycles. The minimum Gasteiger partial charge on any atom is -0.324 e. The van der Waals surface area contributed by atoms with Gasteiger partial charge in [-0.05, 0) is 31.6 Å². The monoisotopic (exact) mass is 355 g/mol. The Morgan fingerprint density at radius 2 is 2.12 bits per heavy atom. The Bertz CT molecular complexity index is 880. The Labute approximate surface area is 138 Å². The number of fused-ring (bicyclic) bond motifs is 1. The van der Waals surface area contributed by atoms with E-state index in [1.54, 1.807) is 13.4 Å². The van der Waals surface area contributed by atoms with Gasteiger partial charge in [0, 0.05) is 24.7 Å². The fourth-order valence-corrected chi connectivity index (χ4v) is 3.04. The van der Waals surface area contributed by atoms with Crippen LogP contribution in [-0.4, -0.2) is 30.2 Å². The molecule has 1 saturated carbocycles. The van der Waals surface area contributed by atoms with Gasteiger partial charge in [0.15, 0.2) is 11.2 Å². The molecule has 1 aliphatic rings. The molecule has 1 atom stereocenters. The second-order valence-corrected chi connectivity index (χ2v) is 6.82. The molecule has 9 nitrogen and oxygen atoms in total. The normalized spacial score (nSPS) is 15.2. The van der Waals surface area contributed by atoms with Crippen LogP contribution in [0.1, 0.15) is 25.7 Å². The smallest absolute Gasteiger partial charge is 0.324 e. The molecule has 1 unspecified atom stereocenters. The first-order chi connectivity index (χ1) is 11.5. The first kappa shape index (κ1) is 17.0. The van der Waals surface area contributed by atoms with E-state index in [0.29, 0.717) is 29.9 Å². The molecule has 0 bridgehead atoms. The number of hydrogen-bond acceptors (Lipinski definition) is 5. The van der Waals surface area contributed by atoms with Gasteiger partial charge in [-0.3, -0.25) is 13.9 Å². The lowest BCUT2D eigenvalue weighted by molar-refractivity contribution is 0.272. The number of aromatic nitrogens is 4. The molecule has 1 aliphatic carbocycles. The van der Waals surface area contributed by atoms with E-state index in [-0.39, 0.29) is 18.7 Å². The number of aryl methyl sites for hydroxylation is 1. The number of rotatable bonds is 8. The summed E-state index contributed by atoms with van der Waals surface area (Å²) in [7, 11) is -1.00. The lowest BCUT2D eigenvalue weighted by Gasteiger charge is -2.09. The van der Waals surface area contributed by atoms with E-state index in [9.17, 15) is 14.2 Å². The predicted molar refractivity (Wildman–Crippen MR) is 87.0 cm³/mol. The van der Waals surface area contributed by atoms with Crippen molar-refractivity contribution in [2.24, 2.45) is 13.0 Å². The summed E-state index contributed by atoms with van der Waals surface area (Å²) < 4.78 is 19.4. The zero-order chi connectivity index (χ0) is 17.3. The first-order valence-electron chi connectivity index (χ1n) is 7.92. The highest BCUT2D eigenvalue weighted by molar-refractivity contribution is 7.32. The fraction of sp³-hybridized carbons (Fsp3) is 0.643. The summed E-state index contributed by atoms with van der Waals surface area (Å²) in [5.74, 6) is 0.588. The summed E-state index contributed by atoms with van der Waals surface area (Å²) in [6, 6.07) is 0. The summed E-state index contributed by atoms with van der Waals surface area (Å²) in [6.45, 7) is 1.10. The average molecular weight is 355 g/mol. The van der Waals surface area contributed by atoms with Gasteiger partial charge in [-0.1, -0.05) is 0 Å². The molecule has 2 aromatic heterocycles. The van der Waals surface area contributed by atoms with Gasteiger partial charge >= 0.3 is 13.9 Å². The van der Waals surface area contributed by atoms with Gasteiger partial charge in [0.05, 0.1) is 6.33 Å². The van der Waals surface area contributed by atoms with Crippen LogP contribution < -0.4 is 11.2 Å². The van der Waals surface area contributed by atoms with Crippen LogP contribution >= 0.6 is 8.25 Å². The van der Waals surface area contributed by atoms with Crippen molar-refractivity contribution in [3.8, 4) is 0 Å². The van der Waals surface area contributed by atoms with Crippen LogP contribution in [0.5, 0.6) is 0 Å². The molecule has 0 saturated heterocycles. The van der Waals surface area contributed by atoms with Gasteiger partial charge in [0.2, 0.25) is 0 Å². The van der Waals surface area contributed by atoms with E-state index in [2.05, 4.69) is 9.51 Å². The van der Waals surface area contributed by atoms with Gasteiger partial charge in [-0.25, -0.2) is 9.78 Å². The van der Waals surface area contributed by atoms with Crippen molar-refractivity contribution in [1.29, 1.82) is 0 Å². The van der Waals surface area contributed by atoms with Gasteiger partial charge in [-0.15, -0.1) is 9.42 Å². The molecule has 0 aromatic carbocycles. The average Bonchev–Trinajstić information content (AvgIpc) is 3.25. The fourth-order valence-electron chi connectivity index (χ4n) is 2.75. The third-order valence-corrected chi connectivity index (χ3v) is 4.63. The van der Waals surface area contributed by atoms with Gasteiger partial charge in [0.25, 0.3) is 5.56 Å². The van der Waals surface area contributed by atoms with Crippen LogP contribution in [0.15, 0.2) is 15.9 Å². The van der Waals surface area contributed by atoms with Crippen molar-refractivity contribution in [2.75, 3.05) is 6.61 Å². The Morgan fingerprint density at radius 3 is 2.79 bits per heavy atom. The van der Waals surface area contributed by atoms with Gasteiger partial charge < -0.3 is 4.57 Å². The van der Waals surface area contributed by atoms with E-state index in [4.69, 9.17) is 4.89 Å². The van der Waals surface area contributed by atoms with Crippen LogP contribution in [0, 0.1) is 5.92 Å². The topological polar surface area (TPSA) is 108 Å². The molecule has 10 heteroatoms. The molecule has 0 spiro atoms. The Morgan fingerprint density at radius 1 is 1.38 bits per heavy atom. The number of hydrogen-bond donors (Lipinski definition) is 1. The Kier molecular flexibility index (Phi) is 4.93. The third kappa shape index (κ3) is 3.48. The highest BCUT2D eigenvalue weighted by Gasteiger charge is 2.24. The molecule has 130 valence electrons. The minimum absolute atomic E-state index is 0.114. The molecule has 2 aromatic rings. The maximum Gasteiger partial charge on any atom is 0.694 e.